The van der Waals surface area contributed by atoms with Crippen LogP contribution < -0.4 is 4.74 Å². The van der Waals surface area contributed by atoms with Gasteiger partial charge in [-0.2, -0.15) is 0 Å². The van der Waals surface area contributed by atoms with E-state index in [1.165, 1.54) is 12.1 Å². The maximum atomic E-state index is 10.7. The lowest BCUT2D eigenvalue weighted by Gasteiger charge is -2.09. The molecule has 3 rings (SSSR count). The Morgan fingerprint density at radius 2 is 1.93 bits per heavy atom. The van der Waals surface area contributed by atoms with Gasteiger partial charge < -0.3 is 4.74 Å². The van der Waals surface area contributed by atoms with Crippen molar-refractivity contribution in [3.63, 3.8) is 0 Å². The van der Waals surface area contributed by atoms with Gasteiger partial charge in [-0.1, -0.05) is 17.7 Å². The first-order valence-corrected chi connectivity index (χ1v) is 9.56. The van der Waals surface area contributed by atoms with Gasteiger partial charge in [-0.05, 0) is 82.0 Å². The largest absolute Gasteiger partial charge is 0.488 e. The summed E-state index contributed by atoms with van der Waals surface area (Å²) in [4.78, 5) is 14.8. The van der Waals surface area contributed by atoms with Gasteiger partial charge >= 0.3 is 0 Å². The second-order valence-electron chi connectivity index (χ2n) is 6.04. The SMILES string of the molecule is Cc1c(Cl)cccc1N=Cc1ccc(OCc2ccc([N+](=O)[O-])cc2)c(Br)c1. The third-order valence-corrected chi connectivity index (χ3v) is 5.12. The van der Waals surface area contributed by atoms with Crippen molar-refractivity contribution in [1.29, 1.82) is 0 Å². The van der Waals surface area contributed by atoms with Crippen molar-refractivity contribution in [3.05, 3.63) is 97.0 Å². The van der Waals surface area contributed by atoms with Gasteiger partial charge in [0.05, 0.1) is 15.1 Å². The van der Waals surface area contributed by atoms with E-state index in [4.69, 9.17) is 16.3 Å². The van der Waals surface area contributed by atoms with Gasteiger partial charge in [0, 0.05) is 23.4 Å². The summed E-state index contributed by atoms with van der Waals surface area (Å²) in [7, 11) is 0. The summed E-state index contributed by atoms with van der Waals surface area (Å²) in [6, 6.07) is 17.6. The number of nitro benzene ring substituents is 1. The Balaban J connectivity index is 1.67. The highest BCUT2D eigenvalue weighted by Crippen LogP contribution is 2.28. The predicted octanol–water partition coefficient (Wildman–Crippen LogP) is 6.65. The predicted molar refractivity (Wildman–Crippen MR) is 115 cm³/mol. The zero-order chi connectivity index (χ0) is 20.1. The standard InChI is InChI=1S/C21H16BrClN2O3/c1-14-19(23)3-2-4-20(14)24-12-16-7-10-21(18(22)11-16)28-13-15-5-8-17(9-6-15)25(26)27/h2-12H,13H2,1H3. The molecule has 142 valence electrons. The van der Waals surface area contributed by atoms with Gasteiger partial charge in [-0.25, -0.2) is 0 Å². The van der Waals surface area contributed by atoms with Gasteiger partial charge in [0.1, 0.15) is 12.4 Å². The smallest absolute Gasteiger partial charge is 0.269 e. The second-order valence-corrected chi connectivity index (χ2v) is 7.31. The number of hydrogen-bond donors (Lipinski definition) is 0. The minimum Gasteiger partial charge on any atom is -0.488 e. The van der Waals surface area contributed by atoms with Crippen molar-refractivity contribution in [2.24, 2.45) is 4.99 Å². The fraction of sp³-hybridized carbons (Fsp3) is 0.0952. The van der Waals surface area contributed by atoms with E-state index in [1.54, 1.807) is 18.3 Å². The monoisotopic (exact) mass is 458 g/mol. The molecule has 7 heteroatoms. The van der Waals surface area contributed by atoms with Crippen LogP contribution in [0.2, 0.25) is 5.02 Å². The third kappa shape index (κ3) is 4.97. The quantitative estimate of drug-likeness (QED) is 0.235. The Morgan fingerprint density at radius 1 is 1.18 bits per heavy atom. The molecular weight excluding hydrogens is 444 g/mol. The van der Waals surface area contributed by atoms with Crippen molar-refractivity contribution in [3.8, 4) is 5.75 Å². The molecular formula is C21H16BrClN2O3. The minimum absolute atomic E-state index is 0.0588. The van der Waals surface area contributed by atoms with Crippen LogP contribution in [-0.2, 0) is 6.61 Å². The molecule has 0 unspecified atom stereocenters. The molecule has 0 heterocycles. The number of non-ortho nitro benzene ring substituents is 1. The highest BCUT2D eigenvalue weighted by Gasteiger charge is 2.06. The molecule has 28 heavy (non-hydrogen) atoms. The Bertz CT molecular complexity index is 1040. The molecule has 0 aliphatic heterocycles. The van der Waals surface area contributed by atoms with Crippen molar-refractivity contribution in [2.45, 2.75) is 13.5 Å². The average Bonchev–Trinajstić information content (AvgIpc) is 2.68. The molecule has 0 radical (unpaired) electrons. The first-order chi connectivity index (χ1) is 13.4. The van der Waals surface area contributed by atoms with E-state index in [-0.39, 0.29) is 5.69 Å². The third-order valence-electron chi connectivity index (χ3n) is 4.09. The summed E-state index contributed by atoms with van der Waals surface area (Å²) < 4.78 is 6.59. The van der Waals surface area contributed by atoms with Crippen LogP contribution in [-0.4, -0.2) is 11.1 Å². The van der Waals surface area contributed by atoms with Crippen molar-refractivity contribution < 1.29 is 9.66 Å². The van der Waals surface area contributed by atoms with Crippen molar-refractivity contribution in [2.75, 3.05) is 0 Å². The van der Waals surface area contributed by atoms with Crippen molar-refractivity contribution in [1.82, 2.24) is 0 Å². The van der Waals surface area contributed by atoms with Crippen LogP contribution in [0.25, 0.3) is 0 Å². The van der Waals surface area contributed by atoms with E-state index in [0.717, 1.165) is 26.9 Å². The summed E-state index contributed by atoms with van der Waals surface area (Å²) >= 11 is 9.63. The zero-order valence-corrected chi connectivity index (χ0v) is 17.3. The zero-order valence-electron chi connectivity index (χ0n) is 14.9. The van der Waals surface area contributed by atoms with Crippen LogP contribution in [0.15, 0.2) is 70.1 Å². The lowest BCUT2D eigenvalue weighted by Crippen LogP contribution is -1.97. The second kappa shape index (κ2) is 8.99. The first kappa shape index (κ1) is 20.0. The first-order valence-electron chi connectivity index (χ1n) is 8.39. The molecule has 3 aromatic carbocycles. The highest BCUT2D eigenvalue weighted by molar-refractivity contribution is 9.10. The van der Waals surface area contributed by atoms with Crippen LogP contribution >= 0.6 is 27.5 Å². The normalized spacial score (nSPS) is 11.0. The Hall–Kier alpha value is -2.70. The number of hydrogen-bond acceptors (Lipinski definition) is 4. The van der Waals surface area contributed by atoms with Crippen LogP contribution in [0.4, 0.5) is 11.4 Å². The lowest BCUT2D eigenvalue weighted by molar-refractivity contribution is -0.384. The molecule has 0 aromatic heterocycles. The molecule has 0 aliphatic carbocycles. The lowest BCUT2D eigenvalue weighted by atomic mass is 10.2. The van der Waals surface area contributed by atoms with Crippen LogP contribution in [0.5, 0.6) is 5.75 Å². The summed E-state index contributed by atoms with van der Waals surface area (Å²) in [6.45, 7) is 2.24. The molecule has 0 amide bonds. The van der Waals surface area contributed by atoms with E-state index in [2.05, 4.69) is 20.9 Å². The number of ether oxygens (including phenoxy) is 1. The van der Waals surface area contributed by atoms with Crippen molar-refractivity contribution >= 4 is 45.1 Å². The van der Waals surface area contributed by atoms with Gasteiger partial charge in [0.15, 0.2) is 0 Å². The van der Waals surface area contributed by atoms with E-state index >= 15 is 0 Å². The van der Waals surface area contributed by atoms with Gasteiger partial charge in [-0.15, -0.1) is 0 Å². The molecule has 0 saturated carbocycles. The molecule has 0 aliphatic rings. The molecule has 5 nitrogen and oxygen atoms in total. The number of halogens is 2. The number of benzene rings is 3. The van der Waals surface area contributed by atoms with E-state index in [0.29, 0.717) is 17.4 Å². The number of nitro groups is 1. The number of aliphatic imine (C=N–C) groups is 1. The number of rotatable bonds is 6. The molecule has 3 aromatic rings. The van der Waals surface area contributed by atoms with Crippen LogP contribution in [0.1, 0.15) is 16.7 Å². The molecule has 0 saturated heterocycles. The van der Waals surface area contributed by atoms with Crippen LogP contribution in [0, 0.1) is 17.0 Å². The number of nitrogens with zero attached hydrogens (tertiary/aromatic N) is 2. The molecule has 0 bridgehead atoms. The topological polar surface area (TPSA) is 64.7 Å². The van der Waals surface area contributed by atoms with Gasteiger partial charge in [0.25, 0.3) is 5.69 Å². The van der Waals surface area contributed by atoms with Gasteiger partial charge in [-0.3, -0.25) is 15.1 Å². The van der Waals surface area contributed by atoms with Gasteiger partial charge in [0.2, 0.25) is 0 Å². The van der Waals surface area contributed by atoms with E-state index in [9.17, 15) is 10.1 Å². The summed E-state index contributed by atoms with van der Waals surface area (Å²) in [5.41, 5.74) is 3.57. The molecule has 0 spiro atoms. The highest BCUT2D eigenvalue weighted by atomic mass is 79.9. The minimum atomic E-state index is -0.424. The fourth-order valence-electron chi connectivity index (χ4n) is 2.47. The fourth-order valence-corrected chi connectivity index (χ4v) is 3.15. The average molecular weight is 460 g/mol. The Labute approximate surface area is 175 Å². The summed E-state index contributed by atoms with van der Waals surface area (Å²) in [5, 5.41) is 11.4. The van der Waals surface area contributed by atoms with E-state index < -0.39 is 4.92 Å². The molecule has 0 N–H and O–H groups in total. The maximum absolute atomic E-state index is 10.7. The Kier molecular flexibility index (Phi) is 6.44. The molecule has 0 fully saturated rings. The van der Waals surface area contributed by atoms with Crippen LogP contribution in [0.3, 0.4) is 0 Å². The summed E-state index contributed by atoms with van der Waals surface area (Å²) in [5.74, 6) is 0.675. The Morgan fingerprint density at radius 3 is 2.61 bits per heavy atom. The molecule has 0 atom stereocenters. The maximum Gasteiger partial charge on any atom is 0.269 e. The summed E-state index contributed by atoms with van der Waals surface area (Å²) in [6.07, 6.45) is 1.77. The van der Waals surface area contributed by atoms with E-state index in [1.807, 2.05) is 43.3 Å².